The number of hydrogen-bond acceptors (Lipinski definition) is 4. The van der Waals surface area contributed by atoms with Gasteiger partial charge in [-0.05, 0) is 0 Å². The van der Waals surface area contributed by atoms with Crippen molar-refractivity contribution in [2.75, 3.05) is 0 Å². The summed E-state index contributed by atoms with van der Waals surface area (Å²) in [6, 6.07) is 0. The second-order valence-corrected chi connectivity index (χ2v) is 0.476. The van der Waals surface area contributed by atoms with Crippen molar-refractivity contribution in [3.8, 4) is 0 Å². The van der Waals surface area contributed by atoms with Crippen LogP contribution >= 0.6 is 0 Å². The van der Waals surface area contributed by atoms with Gasteiger partial charge in [-0.3, -0.25) is 0 Å². The zero-order chi connectivity index (χ0) is 7.15. The first-order valence-electron chi connectivity index (χ1n) is 1.13. The molecule has 0 aromatic heterocycles. The Morgan fingerprint density at radius 2 is 1.00 bits per heavy atom. The third kappa shape index (κ3) is 255. The number of rotatable bonds is 0. The second kappa shape index (κ2) is 10.2. The maximum atomic E-state index is 8.36. The van der Waals surface area contributed by atoms with E-state index in [0.29, 0.717) is 0 Å². The van der Waals surface area contributed by atoms with E-state index in [1.165, 1.54) is 0 Å². The fourth-order valence-electron chi connectivity index (χ4n) is 0. The van der Waals surface area contributed by atoms with E-state index >= 15 is 0 Å². The first kappa shape index (κ1) is 15.7. The average Bonchev–Trinajstić information content (AvgIpc) is 1.25. The van der Waals surface area contributed by atoms with Gasteiger partial charge in [0.05, 0.1) is 0 Å². The predicted molar refractivity (Wildman–Crippen MR) is 17.6 cm³/mol. The van der Waals surface area contributed by atoms with Crippen molar-refractivity contribution < 1.29 is 43.0 Å². The van der Waals surface area contributed by atoms with Crippen molar-refractivity contribution in [3.05, 3.63) is 20.2 Å². The maximum absolute atomic E-state index is 8.36. The fraction of sp³-hybridized carbons (Fsp3) is 0. The van der Waals surface area contributed by atoms with Gasteiger partial charge < -0.3 is 10.4 Å². The van der Waals surface area contributed by atoms with Crippen molar-refractivity contribution in [2.45, 2.75) is 0 Å². The van der Waals surface area contributed by atoms with Crippen molar-refractivity contribution in [3.63, 3.8) is 0 Å². The molecule has 0 aliphatic carbocycles. The summed E-state index contributed by atoms with van der Waals surface area (Å²) >= 11 is 0. The van der Waals surface area contributed by atoms with Crippen LogP contribution in [0.3, 0.4) is 0 Å². The third-order valence-corrected chi connectivity index (χ3v) is 0. The molecule has 0 aliphatic heterocycles. The van der Waals surface area contributed by atoms with E-state index in [9.17, 15) is 0 Å². The first-order chi connectivity index (χ1) is 3.46. The minimum Gasteiger partial charge on any atom is -0.328 e. The monoisotopic (exact) mass is 233 g/mol. The quantitative estimate of drug-likeness (QED) is 0.324. The Morgan fingerprint density at radius 3 is 1.00 bits per heavy atom. The standard InChI is InChI=1S/Ag.2HNO3/c;2*2-1(3)4/h;2*(H,2,3,4). The van der Waals surface area contributed by atoms with Crippen LogP contribution in [0.4, 0.5) is 0 Å². The minimum atomic E-state index is -1.50. The molecule has 59 valence electrons. The van der Waals surface area contributed by atoms with Gasteiger partial charge in [0.1, 0.15) is 0 Å². The van der Waals surface area contributed by atoms with E-state index < -0.39 is 10.2 Å². The van der Waals surface area contributed by atoms with Crippen molar-refractivity contribution in [1.29, 1.82) is 0 Å². The molecule has 0 aromatic carbocycles. The summed E-state index contributed by atoms with van der Waals surface area (Å²) in [5.41, 5.74) is 0. The molecular weight excluding hydrogens is 232 g/mol. The minimum absolute atomic E-state index is 0. The Balaban J connectivity index is -0.0000000720. The van der Waals surface area contributed by atoms with Gasteiger partial charge in [0.15, 0.2) is 0 Å². The van der Waals surface area contributed by atoms with Gasteiger partial charge in [-0.2, -0.15) is 0 Å². The van der Waals surface area contributed by atoms with Gasteiger partial charge in [0.25, 0.3) is 10.2 Å². The van der Waals surface area contributed by atoms with Crippen LogP contribution < -0.4 is 0 Å². The Kier molecular flexibility index (Phi) is 17.8. The van der Waals surface area contributed by atoms with Crippen molar-refractivity contribution in [1.82, 2.24) is 0 Å². The van der Waals surface area contributed by atoms with Crippen LogP contribution in [0.15, 0.2) is 0 Å². The first-order valence-corrected chi connectivity index (χ1v) is 1.13. The van der Waals surface area contributed by atoms with E-state index in [2.05, 4.69) is 0 Å². The topological polar surface area (TPSA) is 127 Å². The van der Waals surface area contributed by atoms with Gasteiger partial charge in [-0.15, -0.1) is 20.2 Å². The summed E-state index contributed by atoms with van der Waals surface area (Å²) in [6.45, 7) is 0. The fourth-order valence-corrected chi connectivity index (χ4v) is 0. The van der Waals surface area contributed by atoms with E-state index in [-0.39, 0.29) is 22.4 Å². The van der Waals surface area contributed by atoms with Crippen molar-refractivity contribution in [2.24, 2.45) is 0 Å². The molecule has 0 heterocycles. The molecule has 0 saturated heterocycles. The summed E-state index contributed by atoms with van der Waals surface area (Å²) in [7, 11) is 0. The smallest absolute Gasteiger partial charge is 0.291 e. The molecule has 2 N–H and O–H groups in total. The van der Waals surface area contributed by atoms with Gasteiger partial charge >= 0.3 is 0 Å². The molecule has 0 amide bonds. The summed E-state index contributed by atoms with van der Waals surface area (Å²) in [5.74, 6) is 0. The zero-order valence-electron chi connectivity index (χ0n) is 3.72. The van der Waals surface area contributed by atoms with Gasteiger partial charge in [-0.25, -0.2) is 0 Å². The van der Waals surface area contributed by atoms with E-state index in [0.717, 1.165) is 0 Å². The van der Waals surface area contributed by atoms with Crippen LogP contribution in [0.5, 0.6) is 0 Å². The predicted octanol–water partition coefficient (Wildman–Crippen LogP) is -0.698. The molecule has 0 unspecified atom stereocenters. The Morgan fingerprint density at radius 1 is 1.00 bits per heavy atom. The summed E-state index contributed by atoms with van der Waals surface area (Å²) in [6.07, 6.45) is 0. The van der Waals surface area contributed by atoms with Crippen molar-refractivity contribution >= 4 is 0 Å². The van der Waals surface area contributed by atoms with Crippen LogP contribution in [0.2, 0.25) is 0 Å². The van der Waals surface area contributed by atoms with E-state index in [4.69, 9.17) is 30.6 Å². The molecule has 0 aromatic rings. The van der Waals surface area contributed by atoms with Crippen LogP contribution in [0, 0.1) is 20.2 Å². The average molecular weight is 234 g/mol. The summed E-state index contributed by atoms with van der Waals surface area (Å²) in [5, 5.41) is 27.3. The number of nitrogens with zero attached hydrogens (tertiary/aromatic N) is 2. The molecule has 0 saturated carbocycles. The normalized spacial score (nSPS) is 5.33. The molecule has 1 radical (unpaired) electrons. The molecule has 0 rings (SSSR count). The largest absolute Gasteiger partial charge is 0.328 e. The molecule has 0 bridgehead atoms. The molecule has 0 spiro atoms. The Hall–Kier alpha value is -0.860. The van der Waals surface area contributed by atoms with Gasteiger partial charge in [0.2, 0.25) is 0 Å². The second-order valence-electron chi connectivity index (χ2n) is 0.476. The SMILES string of the molecule is O=[N+]([O-])O.O=[N+]([O-])O.[Ag]. The Bertz CT molecular complexity index is 69.1. The van der Waals surface area contributed by atoms with Crippen LogP contribution in [-0.4, -0.2) is 20.6 Å². The molecule has 8 nitrogen and oxygen atoms in total. The van der Waals surface area contributed by atoms with Gasteiger partial charge in [-0.1, -0.05) is 0 Å². The van der Waals surface area contributed by atoms with E-state index in [1.54, 1.807) is 0 Å². The molecule has 0 aliphatic rings. The molecular formula is H2AgN2O6. The Labute approximate surface area is 63.8 Å². The maximum Gasteiger partial charge on any atom is 0.291 e. The number of hydrogen-bond donors (Lipinski definition) is 2. The molecule has 9 heavy (non-hydrogen) atoms. The molecule has 9 heteroatoms. The summed E-state index contributed by atoms with van der Waals surface area (Å²) < 4.78 is 0. The zero-order valence-corrected chi connectivity index (χ0v) is 5.21. The summed E-state index contributed by atoms with van der Waals surface area (Å²) in [4.78, 5) is 16.7. The van der Waals surface area contributed by atoms with Crippen LogP contribution in [-0.2, 0) is 22.4 Å². The molecule has 0 atom stereocenters. The van der Waals surface area contributed by atoms with E-state index in [1.807, 2.05) is 0 Å². The van der Waals surface area contributed by atoms with Crippen LogP contribution in [0.1, 0.15) is 0 Å². The molecule has 0 fully saturated rings. The van der Waals surface area contributed by atoms with Gasteiger partial charge in [0, 0.05) is 22.4 Å². The third-order valence-electron chi connectivity index (χ3n) is 0. The van der Waals surface area contributed by atoms with Crippen LogP contribution in [0.25, 0.3) is 0 Å².